The first-order chi connectivity index (χ1) is 16.5. The lowest BCUT2D eigenvalue weighted by Gasteiger charge is -2.39. The second-order valence-electron chi connectivity index (χ2n) is 8.23. The van der Waals surface area contributed by atoms with Gasteiger partial charge in [-0.3, -0.25) is 5.10 Å². The largest absolute Gasteiger partial charge is 0.494 e. The molecule has 1 aliphatic heterocycles. The Labute approximate surface area is 197 Å². The summed E-state index contributed by atoms with van der Waals surface area (Å²) in [5.74, 6) is 0.980. The van der Waals surface area contributed by atoms with Crippen molar-refractivity contribution in [2.24, 2.45) is 0 Å². The van der Waals surface area contributed by atoms with Gasteiger partial charge in [0.1, 0.15) is 30.2 Å². The predicted octanol–water partition coefficient (Wildman–Crippen LogP) is 1.63. The number of aromatic amines is 1. The van der Waals surface area contributed by atoms with Crippen LogP contribution in [0.5, 0.6) is 11.6 Å². The van der Waals surface area contributed by atoms with Gasteiger partial charge >= 0.3 is 0 Å². The fourth-order valence-corrected chi connectivity index (χ4v) is 3.86. The van der Waals surface area contributed by atoms with Crippen LogP contribution in [0.15, 0.2) is 54.6 Å². The van der Waals surface area contributed by atoms with E-state index >= 15 is 0 Å². The molecule has 1 fully saturated rings. The van der Waals surface area contributed by atoms with E-state index in [2.05, 4.69) is 17.1 Å². The van der Waals surface area contributed by atoms with E-state index in [4.69, 9.17) is 14.2 Å². The van der Waals surface area contributed by atoms with Crippen LogP contribution in [0.2, 0.25) is 0 Å². The topological polar surface area (TPSA) is 137 Å². The highest BCUT2D eigenvalue weighted by Gasteiger charge is 2.45. The van der Waals surface area contributed by atoms with E-state index < -0.39 is 37.3 Å². The van der Waals surface area contributed by atoms with Gasteiger partial charge in [0.15, 0.2) is 0 Å². The number of aliphatic hydroxyl groups excluding tert-OH is 4. The van der Waals surface area contributed by atoms with E-state index in [0.717, 1.165) is 34.6 Å². The summed E-state index contributed by atoms with van der Waals surface area (Å²) in [4.78, 5) is 0. The van der Waals surface area contributed by atoms with Gasteiger partial charge in [0.05, 0.1) is 18.9 Å². The number of ether oxygens (including phenoxy) is 3. The summed E-state index contributed by atoms with van der Waals surface area (Å²) in [7, 11) is 0. The Kier molecular flexibility index (Phi) is 7.81. The van der Waals surface area contributed by atoms with E-state index in [0.29, 0.717) is 13.0 Å². The number of nitrogens with zero attached hydrogens (tertiary/aromatic N) is 1. The molecular weight excluding hydrogens is 440 g/mol. The van der Waals surface area contributed by atoms with Crippen LogP contribution in [0.1, 0.15) is 24.5 Å². The SMILES string of the molecule is CCCOc1ccc(Cc2c(O[C@@H]3O[C@H](CO)[C@@H](O)[C@H](O)[C@H]3O)n[nH]c2-c2ccccc2)cc1. The summed E-state index contributed by atoms with van der Waals surface area (Å²) in [5.41, 5.74) is 3.36. The number of aromatic nitrogens is 2. The van der Waals surface area contributed by atoms with Crippen LogP contribution in [-0.4, -0.2) is 74.5 Å². The zero-order valence-corrected chi connectivity index (χ0v) is 18.9. The summed E-state index contributed by atoms with van der Waals surface area (Å²) in [6.45, 7) is 2.16. The van der Waals surface area contributed by atoms with Gasteiger partial charge in [0, 0.05) is 12.0 Å². The molecule has 1 saturated heterocycles. The first kappa shape index (κ1) is 24.2. The zero-order chi connectivity index (χ0) is 24.1. The Morgan fingerprint density at radius 2 is 1.71 bits per heavy atom. The Hall–Kier alpha value is -2.95. The van der Waals surface area contributed by atoms with Gasteiger partial charge < -0.3 is 34.6 Å². The van der Waals surface area contributed by atoms with Crippen molar-refractivity contribution in [3.8, 4) is 22.9 Å². The summed E-state index contributed by atoms with van der Waals surface area (Å²) in [6.07, 6.45) is -5.55. The maximum Gasteiger partial charge on any atom is 0.239 e. The molecule has 0 saturated carbocycles. The second-order valence-corrected chi connectivity index (χ2v) is 8.23. The fourth-order valence-electron chi connectivity index (χ4n) is 3.86. The molecule has 0 radical (unpaired) electrons. The number of H-pyrrole nitrogens is 1. The maximum absolute atomic E-state index is 10.4. The first-order valence-corrected chi connectivity index (χ1v) is 11.3. The Morgan fingerprint density at radius 3 is 2.38 bits per heavy atom. The van der Waals surface area contributed by atoms with Crippen molar-refractivity contribution in [1.29, 1.82) is 0 Å². The normalized spacial score (nSPS) is 24.7. The molecule has 0 aliphatic carbocycles. The van der Waals surface area contributed by atoms with Crippen molar-refractivity contribution < 1.29 is 34.6 Å². The molecule has 5 atom stereocenters. The quantitative estimate of drug-likeness (QED) is 0.318. The lowest BCUT2D eigenvalue weighted by Crippen LogP contribution is -2.60. The number of nitrogens with one attached hydrogen (secondary N) is 1. The van der Waals surface area contributed by atoms with Crippen molar-refractivity contribution >= 4 is 0 Å². The summed E-state index contributed by atoms with van der Waals surface area (Å²) < 4.78 is 17.0. The highest BCUT2D eigenvalue weighted by molar-refractivity contribution is 5.66. The average Bonchev–Trinajstić information content (AvgIpc) is 3.26. The maximum atomic E-state index is 10.4. The van der Waals surface area contributed by atoms with Gasteiger partial charge in [0.2, 0.25) is 12.2 Å². The molecular formula is C25H30N2O7. The van der Waals surface area contributed by atoms with Crippen LogP contribution >= 0.6 is 0 Å². The van der Waals surface area contributed by atoms with E-state index in [9.17, 15) is 20.4 Å². The molecule has 34 heavy (non-hydrogen) atoms. The molecule has 9 heteroatoms. The summed E-state index contributed by atoms with van der Waals surface area (Å²) in [6, 6.07) is 17.4. The van der Waals surface area contributed by atoms with Crippen molar-refractivity contribution in [3.05, 3.63) is 65.7 Å². The van der Waals surface area contributed by atoms with E-state index in [-0.39, 0.29) is 5.88 Å². The highest BCUT2D eigenvalue weighted by atomic mass is 16.7. The van der Waals surface area contributed by atoms with Crippen LogP contribution in [0.3, 0.4) is 0 Å². The molecule has 2 aromatic carbocycles. The Morgan fingerprint density at radius 1 is 0.971 bits per heavy atom. The molecule has 182 valence electrons. The van der Waals surface area contributed by atoms with E-state index in [1.54, 1.807) is 0 Å². The van der Waals surface area contributed by atoms with E-state index in [1.165, 1.54) is 0 Å². The standard InChI is InChI=1S/C25H30N2O7/c1-2-12-32-17-10-8-15(9-11-17)13-18-20(16-6-4-3-5-7-16)26-27-24(18)34-25-23(31)22(30)21(29)19(14-28)33-25/h3-11,19,21-23,25,28-31H,2,12-14H2,1H3,(H,26,27)/t19-,21-,22+,23-,25+/m1/s1. The van der Waals surface area contributed by atoms with Crippen molar-refractivity contribution in [3.63, 3.8) is 0 Å². The molecule has 5 N–H and O–H groups in total. The van der Waals surface area contributed by atoms with Crippen LogP contribution in [0.4, 0.5) is 0 Å². The summed E-state index contributed by atoms with van der Waals surface area (Å²) in [5, 5.41) is 47.3. The zero-order valence-electron chi connectivity index (χ0n) is 18.9. The minimum atomic E-state index is -1.54. The molecule has 0 bridgehead atoms. The van der Waals surface area contributed by atoms with Crippen molar-refractivity contribution in [1.82, 2.24) is 10.2 Å². The van der Waals surface area contributed by atoms with Crippen LogP contribution in [-0.2, 0) is 11.2 Å². The third-order valence-corrected chi connectivity index (χ3v) is 5.74. The minimum absolute atomic E-state index is 0.189. The van der Waals surface area contributed by atoms with Gasteiger partial charge in [-0.2, -0.15) is 0 Å². The van der Waals surface area contributed by atoms with Crippen LogP contribution in [0, 0.1) is 0 Å². The summed E-state index contributed by atoms with van der Waals surface area (Å²) >= 11 is 0. The molecule has 1 aliphatic rings. The third kappa shape index (κ3) is 5.24. The molecule has 0 unspecified atom stereocenters. The number of hydrogen-bond donors (Lipinski definition) is 5. The Bertz CT molecular complexity index is 1040. The highest BCUT2D eigenvalue weighted by Crippen LogP contribution is 2.33. The van der Waals surface area contributed by atoms with Crippen molar-refractivity contribution in [2.45, 2.75) is 50.5 Å². The molecule has 2 heterocycles. The monoisotopic (exact) mass is 470 g/mol. The number of aliphatic hydroxyl groups is 4. The van der Waals surface area contributed by atoms with Crippen LogP contribution in [0.25, 0.3) is 11.3 Å². The number of hydrogen-bond acceptors (Lipinski definition) is 8. The fraction of sp³-hybridized carbons (Fsp3) is 0.400. The number of benzene rings is 2. The lowest BCUT2D eigenvalue weighted by atomic mass is 9.99. The molecule has 0 amide bonds. The number of rotatable bonds is 9. The van der Waals surface area contributed by atoms with Gasteiger partial charge in [-0.05, 0) is 29.7 Å². The van der Waals surface area contributed by atoms with Gasteiger partial charge in [-0.25, -0.2) is 0 Å². The van der Waals surface area contributed by atoms with Crippen LogP contribution < -0.4 is 9.47 Å². The predicted molar refractivity (Wildman–Crippen MR) is 123 cm³/mol. The molecule has 1 aromatic heterocycles. The molecule has 9 nitrogen and oxygen atoms in total. The van der Waals surface area contributed by atoms with E-state index in [1.807, 2.05) is 54.6 Å². The molecule has 0 spiro atoms. The van der Waals surface area contributed by atoms with Crippen molar-refractivity contribution in [2.75, 3.05) is 13.2 Å². The van der Waals surface area contributed by atoms with Gasteiger partial charge in [-0.15, -0.1) is 5.10 Å². The first-order valence-electron chi connectivity index (χ1n) is 11.3. The van der Waals surface area contributed by atoms with Gasteiger partial charge in [0.25, 0.3) is 0 Å². The second kappa shape index (κ2) is 11.0. The van der Waals surface area contributed by atoms with Gasteiger partial charge in [-0.1, -0.05) is 49.4 Å². The Balaban J connectivity index is 1.62. The lowest BCUT2D eigenvalue weighted by molar-refractivity contribution is -0.278. The molecule has 4 rings (SSSR count). The smallest absolute Gasteiger partial charge is 0.239 e. The molecule has 3 aromatic rings. The minimum Gasteiger partial charge on any atom is -0.494 e. The third-order valence-electron chi connectivity index (χ3n) is 5.74. The average molecular weight is 471 g/mol.